The molecule has 0 aromatic carbocycles. The first kappa shape index (κ1) is 35.8. The first-order valence-electron chi connectivity index (χ1n) is 15.8. The molecular weight excluding hydrogens is 449 g/mol. The van der Waals surface area contributed by atoms with Crippen molar-refractivity contribution in [2.24, 2.45) is 0 Å². The van der Waals surface area contributed by atoms with Crippen molar-refractivity contribution in [1.29, 1.82) is 0 Å². The summed E-state index contributed by atoms with van der Waals surface area (Å²) in [6.45, 7) is 18.7. The molecule has 0 aliphatic rings. The van der Waals surface area contributed by atoms with Gasteiger partial charge in [0, 0.05) is 24.8 Å². The zero-order valence-corrected chi connectivity index (χ0v) is 25.4. The smallest absolute Gasteiger partial charge is 0.0783 e. The van der Waals surface area contributed by atoms with Gasteiger partial charge >= 0.3 is 0 Å². The van der Waals surface area contributed by atoms with Gasteiger partial charge in [-0.05, 0) is 64.0 Å². The molecule has 0 aromatic rings. The van der Waals surface area contributed by atoms with Crippen LogP contribution < -0.4 is 16.0 Å². The number of hydrogen-bond acceptors (Lipinski definition) is 3. The Labute approximate surface area is 234 Å². The first-order valence-corrected chi connectivity index (χ1v) is 15.8. The third-order valence-electron chi connectivity index (χ3n) is 7.56. The van der Waals surface area contributed by atoms with Crippen LogP contribution in [-0.2, 0) is 0 Å². The van der Waals surface area contributed by atoms with Crippen LogP contribution in [0, 0.1) is 0 Å². The largest absolute Gasteiger partial charge is 0.389 e. The molecule has 2 atom stereocenters. The van der Waals surface area contributed by atoms with Crippen molar-refractivity contribution in [1.82, 2.24) is 16.0 Å². The second-order valence-corrected chi connectivity index (χ2v) is 11.3. The average molecular weight is 514 g/mol. The van der Waals surface area contributed by atoms with E-state index in [0.717, 1.165) is 57.3 Å². The molecule has 0 saturated carbocycles. The number of rotatable bonds is 29. The Morgan fingerprint density at radius 3 is 1.65 bits per heavy atom. The van der Waals surface area contributed by atoms with Gasteiger partial charge in [0.2, 0.25) is 0 Å². The number of unbranched alkanes of at least 4 members (excludes halogenated alkanes) is 14. The Morgan fingerprint density at radius 2 is 1.14 bits per heavy atom. The van der Waals surface area contributed by atoms with Crippen LogP contribution in [0.2, 0.25) is 5.82 Å². The van der Waals surface area contributed by atoms with Crippen molar-refractivity contribution in [3.63, 3.8) is 0 Å². The molecule has 0 spiro atoms. The number of nitrogens with one attached hydrogen (secondary N) is 3. The van der Waals surface area contributed by atoms with E-state index in [0.29, 0.717) is 6.04 Å². The normalized spacial score (nSPS) is 12.7. The van der Waals surface area contributed by atoms with Gasteiger partial charge in [0.25, 0.3) is 0 Å². The lowest BCUT2D eigenvalue weighted by molar-refractivity contribution is 0.535. The number of allylic oxidation sites excluding steroid dienone is 2. The molecule has 2 radical (unpaired) electrons. The second-order valence-electron chi connectivity index (χ2n) is 11.3. The summed E-state index contributed by atoms with van der Waals surface area (Å²) in [5.41, 5.74) is 3.38. The van der Waals surface area contributed by atoms with E-state index in [1.807, 2.05) is 7.05 Å². The Balaban J connectivity index is 3.48. The third kappa shape index (κ3) is 23.7. The summed E-state index contributed by atoms with van der Waals surface area (Å²) >= 11 is 0. The highest BCUT2D eigenvalue weighted by molar-refractivity contribution is 6.13. The molecule has 214 valence electrons. The fourth-order valence-corrected chi connectivity index (χ4v) is 4.86. The molecule has 0 saturated heterocycles. The third-order valence-corrected chi connectivity index (χ3v) is 7.56. The fourth-order valence-electron chi connectivity index (χ4n) is 4.86. The van der Waals surface area contributed by atoms with E-state index in [1.165, 1.54) is 101 Å². The van der Waals surface area contributed by atoms with E-state index in [2.05, 4.69) is 49.5 Å². The van der Waals surface area contributed by atoms with Crippen molar-refractivity contribution >= 4 is 7.85 Å². The zero-order valence-electron chi connectivity index (χ0n) is 25.4. The highest BCUT2D eigenvalue weighted by atomic mass is 14.9. The van der Waals surface area contributed by atoms with Crippen LogP contribution in [-0.4, -0.2) is 34.0 Å². The molecule has 3 N–H and O–H groups in total. The maximum Gasteiger partial charge on any atom is 0.0783 e. The van der Waals surface area contributed by atoms with Gasteiger partial charge < -0.3 is 16.0 Å². The Kier molecular flexibility index (Phi) is 25.6. The number of likely N-dealkylation sites (N-methyl/N-ethyl adjacent to an activating group) is 1. The standard InChI is InChI=1S/C33H64BN3/c1-7-8-9-10-11-12-13-14-15-16-17-18-19-24-30(4)36-27-22-20-25-32(34)31(5)37-28-23-21-26-33(35-6)29(2)3/h32-33,35-37H,2,4-5,7-28H2,1,3,6H3. The van der Waals surface area contributed by atoms with Gasteiger partial charge in [0.1, 0.15) is 0 Å². The van der Waals surface area contributed by atoms with Crippen molar-refractivity contribution in [2.75, 3.05) is 20.1 Å². The first-order chi connectivity index (χ1) is 17.9. The zero-order chi connectivity index (χ0) is 27.6. The molecule has 4 heteroatoms. The molecule has 37 heavy (non-hydrogen) atoms. The van der Waals surface area contributed by atoms with Crippen molar-refractivity contribution in [3.8, 4) is 0 Å². The molecule has 0 aliphatic carbocycles. The molecule has 2 unspecified atom stereocenters. The van der Waals surface area contributed by atoms with Crippen molar-refractivity contribution in [2.45, 2.75) is 154 Å². The molecule has 0 aromatic heterocycles. The predicted molar refractivity (Wildman–Crippen MR) is 169 cm³/mol. The minimum absolute atomic E-state index is 0.0365. The van der Waals surface area contributed by atoms with Gasteiger partial charge in [0.15, 0.2) is 0 Å². The SMILES string of the molecule is [B]C(CCCCNC(=C)CCCCCCCCCCCCCCC)C(=C)NCCCCC(NC)C(=C)C. The summed E-state index contributed by atoms with van der Waals surface area (Å²) in [6, 6.07) is 0.421. The van der Waals surface area contributed by atoms with Crippen LogP contribution >= 0.6 is 0 Å². The number of hydrogen-bond donors (Lipinski definition) is 3. The van der Waals surface area contributed by atoms with E-state index in [4.69, 9.17) is 7.85 Å². The van der Waals surface area contributed by atoms with E-state index < -0.39 is 0 Å². The predicted octanol–water partition coefficient (Wildman–Crippen LogP) is 9.14. The summed E-state index contributed by atoms with van der Waals surface area (Å²) in [4.78, 5) is 0. The lowest BCUT2D eigenvalue weighted by Gasteiger charge is -2.19. The van der Waals surface area contributed by atoms with E-state index in [1.54, 1.807) is 0 Å². The monoisotopic (exact) mass is 514 g/mol. The molecule has 0 amide bonds. The van der Waals surface area contributed by atoms with Crippen LogP contribution in [0.1, 0.15) is 142 Å². The minimum atomic E-state index is 0.0365. The van der Waals surface area contributed by atoms with Crippen LogP contribution in [0.15, 0.2) is 36.7 Å². The summed E-state index contributed by atoms with van der Waals surface area (Å²) in [5, 5.41) is 10.3. The molecule has 0 heterocycles. The fraction of sp³-hybridized carbons (Fsp3) is 0.818. The highest BCUT2D eigenvalue weighted by Gasteiger charge is 2.08. The van der Waals surface area contributed by atoms with Gasteiger partial charge in [-0.15, -0.1) is 0 Å². The molecule has 3 nitrogen and oxygen atoms in total. The van der Waals surface area contributed by atoms with E-state index in [-0.39, 0.29) is 5.82 Å². The lowest BCUT2D eigenvalue weighted by Crippen LogP contribution is -2.26. The maximum atomic E-state index is 6.32. The van der Waals surface area contributed by atoms with Crippen molar-refractivity contribution < 1.29 is 0 Å². The summed E-state index contributed by atoms with van der Waals surface area (Å²) in [6.07, 6.45) is 26.0. The van der Waals surface area contributed by atoms with Crippen LogP contribution in [0.5, 0.6) is 0 Å². The molecular formula is C33H64BN3. The van der Waals surface area contributed by atoms with Crippen LogP contribution in [0.4, 0.5) is 0 Å². The van der Waals surface area contributed by atoms with Crippen LogP contribution in [0.3, 0.4) is 0 Å². The summed E-state index contributed by atoms with van der Waals surface area (Å²) < 4.78 is 0. The quantitative estimate of drug-likeness (QED) is 0.0530. The second kappa shape index (κ2) is 26.5. The summed E-state index contributed by atoms with van der Waals surface area (Å²) in [7, 11) is 8.33. The van der Waals surface area contributed by atoms with Gasteiger partial charge in [0.05, 0.1) is 7.85 Å². The lowest BCUT2D eigenvalue weighted by atomic mass is 9.80. The minimum Gasteiger partial charge on any atom is -0.389 e. The van der Waals surface area contributed by atoms with Gasteiger partial charge in [-0.2, -0.15) is 0 Å². The molecule has 0 fully saturated rings. The van der Waals surface area contributed by atoms with Gasteiger partial charge in [-0.25, -0.2) is 0 Å². The average Bonchev–Trinajstić information content (AvgIpc) is 2.88. The molecule has 0 aliphatic heterocycles. The Hall–Kier alpha value is -1.16. The van der Waals surface area contributed by atoms with Crippen molar-refractivity contribution in [3.05, 3.63) is 36.7 Å². The summed E-state index contributed by atoms with van der Waals surface area (Å²) in [5.74, 6) is 0.0365. The highest BCUT2D eigenvalue weighted by Crippen LogP contribution is 2.18. The Bertz CT molecular complexity index is 560. The molecule has 0 bridgehead atoms. The van der Waals surface area contributed by atoms with E-state index in [9.17, 15) is 0 Å². The van der Waals surface area contributed by atoms with Gasteiger partial charge in [-0.3, -0.25) is 0 Å². The molecule has 0 rings (SSSR count). The van der Waals surface area contributed by atoms with Crippen LogP contribution in [0.25, 0.3) is 0 Å². The maximum absolute atomic E-state index is 6.32. The van der Waals surface area contributed by atoms with E-state index >= 15 is 0 Å². The Morgan fingerprint density at radius 1 is 0.649 bits per heavy atom. The topological polar surface area (TPSA) is 36.1 Å². The van der Waals surface area contributed by atoms with Gasteiger partial charge in [-0.1, -0.05) is 122 Å².